The highest BCUT2D eigenvalue weighted by molar-refractivity contribution is 8.00. The van der Waals surface area contributed by atoms with E-state index in [4.69, 9.17) is 23.2 Å². The lowest BCUT2D eigenvalue weighted by molar-refractivity contribution is -0.387. The van der Waals surface area contributed by atoms with Crippen molar-refractivity contribution in [3.05, 3.63) is 98.6 Å². The number of alkyl halides is 1. The largest absolute Gasteiger partial charge is 0.378 e. The third kappa shape index (κ3) is 4.19. The maximum Gasteiger partial charge on any atom is 0.282 e. The summed E-state index contributed by atoms with van der Waals surface area (Å²) in [6, 6.07) is 20.4. The van der Waals surface area contributed by atoms with Gasteiger partial charge in [-0.3, -0.25) is 14.9 Å². The van der Waals surface area contributed by atoms with Crippen LogP contribution in [0.1, 0.15) is 46.8 Å². The standard InChI is InChI=1S/C26H22Cl2N2O3S/c1-14(31)16-8-11-20-18(12-16)24-19(26(29-20)15-6-9-17(27)10-7-15)13-23(25(24)28)34-22-5-3-2-4-21(22)30(32)33/h2-12,19,23-26,29H,13H2,1H3/t19-,23-,24+,25-,26-/m0/s1. The second-order valence-corrected chi connectivity index (χ2v) is 11.0. The van der Waals surface area contributed by atoms with Crippen LogP contribution in [-0.2, 0) is 0 Å². The van der Waals surface area contributed by atoms with Crippen LogP contribution >= 0.6 is 35.0 Å². The van der Waals surface area contributed by atoms with E-state index >= 15 is 0 Å². The molecular weight excluding hydrogens is 491 g/mol. The number of nitro benzene ring substituents is 1. The zero-order valence-corrected chi connectivity index (χ0v) is 20.6. The highest BCUT2D eigenvalue weighted by atomic mass is 35.5. The number of hydrogen-bond acceptors (Lipinski definition) is 5. The SMILES string of the molecule is CC(=O)c1ccc2c(c1)[C@H]1[C@@H](Cl)[C@@H](Sc3ccccc3[N+](=O)[O-])C[C@@H]1[C@H](c1ccc(Cl)cc1)N2. The van der Waals surface area contributed by atoms with Gasteiger partial charge in [-0.1, -0.05) is 35.9 Å². The van der Waals surface area contributed by atoms with Crippen LogP contribution in [0.15, 0.2) is 71.6 Å². The van der Waals surface area contributed by atoms with Crippen molar-refractivity contribution >= 4 is 52.1 Å². The quantitative estimate of drug-likeness (QED) is 0.166. The molecule has 0 radical (unpaired) electrons. The topological polar surface area (TPSA) is 72.2 Å². The number of carbonyl (C=O) groups excluding carboxylic acids is 1. The van der Waals surface area contributed by atoms with E-state index in [1.807, 2.05) is 48.5 Å². The molecule has 1 fully saturated rings. The Balaban J connectivity index is 1.55. The molecule has 34 heavy (non-hydrogen) atoms. The summed E-state index contributed by atoms with van der Waals surface area (Å²) in [4.78, 5) is 23.9. The summed E-state index contributed by atoms with van der Waals surface area (Å²) in [6.07, 6.45) is 0.777. The molecule has 0 bridgehead atoms. The lowest BCUT2D eigenvalue weighted by Gasteiger charge is -2.38. The van der Waals surface area contributed by atoms with Gasteiger partial charge in [-0.2, -0.15) is 0 Å². The van der Waals surface area contributed by atoms with E-state index in [2.05, 4.69) is 5.32 Å². The minimum absolute atomic E-state index is 0.00170. The predicted octanol–water partition coefficient (Wildman–Crippen LogP) is 7.49. The minimum Gasteiger partial charge on any atom is -0.378 e. The molecule has 1 saturated carbocycles. The predicted molar refractivity (Wildman–Crippen MR) is 137 cm³/mol. The molecule has 5 atom stereocenters. The first kappa shape index (κ1) is 23.2. The number of hydrogen-bond donors (Lipinski definition) is 1. The van der Waals surface area contributed by atoms with Crippen LogP contribution in [0.25, 0.3) is 0 Å². The third-order valence-electron chi connectivity index (χ3n) is 6.79. The number of Topliss-reactive ketones (excluding diaryl/α,β-unsaturated/α-hetero) is 1. The Kier molecular flexibility index (Phi) is 6.32. The van der Waals surface area contributed by atoms with Crippen LogP contribution in [0.3, 0.4) is 0 Å². The molecule has 5 rings (SSSR count). The van der Waals surface area contributed by atoms with Crippen molar-refractivity contribution < 1.29 is 9.72 Å². The normalized spacial score (nSPS) is 25.2. The fraction of sp³-hybridized carbons (Fsp3) is 0.269. The molecule has 1 aliphatic carbocycles. The Hall–Kier alpha value is -2.54. The number of thioether (sulfide) groups is 1. The van der Waals surface area contributed by atoms with Crippen LogP contribution in [0.4, 0.5) is 11.4 Å². The molecule has 3 aromatic rings. The lowest BCUT2D eigenvalue weighted by Crippen LogP contribution is -2.31. The van der Waals surface area contributed by atoms with E-state index in [0.717, 1.165) is 23.2 Å². The first-order chi connectivity index (χ1) is 16.3. The first-order valence-electron chi connectivity index (χ1n) is 11.0. The highest BCUT2D eigenvalue weighted by Gasteiger charge is 2.50. The molecule has 0 saturated heterocycles. The summed E-state index contributed by atoms with van der Waals surface area (Å²) in [5.41, 5.74) is 3.86. The maximum absolute atomic E-state index is 12.1. The third-order valence-corrected chi connectivity index (χ3v) is 9.15. The van der Waals surface area contributed by atoms with Crippen LogP contribution in [0.2, 0.25) is 5.02 Å². The smallest absolute Gasteiger partial charge is 0.282 e. The molecule has 0 amide bonds. The minimum atomic E-state index is -0.347. The monoisotopic (exact) mass is 512 g/mol. The number of ketones is 1. The molecule has 0 unspecified atom stereocenters. The van der Waals surface area contributed by atoms with Gasteiger partial charge >= 0.3 is 0 Å². The molecule has 8 heteroatoms. The van der Waals surface area contributed by atoms with Crippen molar-refractivity contribution in [2.24, 2.45) is 5.92 Å². The number of nitrogens with zero attached hydrogens (tertiary/aromatic N) is 1. The van der Waals surface area contributed by atoms with Gasteiger partial charge in [-0.25, -0.2) is 0 Å². The van der Waals surface area contributed by atoms with Gasteiger partial charge in [0.15, 0.2) is 5.78 Å². The molecule has 0 spiro atoms. The molecule has 0 aromatic heterocycles. The molecule has 1 aliphatic heterocycles. The van der Waals surface area contributed by atoms with Gasteiger partial charge in [0.1, 0.15) is 0 Å². The van der Waals surface area contributed by atoms with Crippen LogP contribution < -0.4 is 5.32 Å². The summed E-state index contributed by atoms with van der Waals surface area (Å²) in [7, 11) is 0. The Morgan fingerprint density at radius 1 is 1.12 bits per heavy atom. The van der Waals surface area contributed by atoms with Gasteiger partial charge in [0, 0.05) is 33.5 Å². The van der Waals surface area contributed by atoms with Crippen molar-refractivity contribution in [1.29, 1.82) is 0 Å². The Bertz CT molecular complexity index is 1270. The number of para-hydroxylation sites is 1. The van der Waals surface area contributed by atoms with Crippen LogP contribution in [0.5, 0.6) is 0 Å². The van der Waals surface area contributed by atoms with Crippen molar-refractivity contribution in [1.82, 2.24) is 0 Å². The number of benzene rings is 3. The van der Waals surface area contributed by atoms with E-state index in [0.29, 0.717) is 15.5 Å². The van der Waals surface area contributed by atoms with Gasteiger partial charge in [-0.15, -0.1) is 23.4 Å². The van der Waals surface area contributed by atoms with Crippen LogP contribution in [-0.4, -0.2) is 21.3 Å². The second-order valence-electron chi connectivity index (χ2n) is 8.78. The van der Waals surface area contributed by atoms with Crippen molar-refractivity contribution in [3.63, 3.8) is 0 Å². The van der Waals surface area contributed by atoms with Crippen molar-refractivity contribution in [2.45, 2.75) is 40.8 Å². The van der Waals surface area contributed by atoms with Gasteiger partial charge < -0.3 is 5.32 Å². The Labute approximate surface area is 212 Å². The van der Waals surface area contributed by atoms with E-state index in [9.17, 15) is 14.9 Å². The summed E-state index contributed by atoms with van der Waals surface area (Å²) in [5, 5.41) is 15.6. The average Bonchev–Trinajstić information content (AvgIpc) is 3.15. The fourth-order valence-electron chi connectivity index (χ4n) is 5.21. The van der Waals surface area contributed by atoms with Gasteiger partial charge in [0.25, 0.3) is 5.69 Å². The highest BCUT2D eigenvalue weighted by Crippen LogP contribution is 2.58. The number of nitro groups is 1. The molecule has 174 valence electrons. The fourth-order valence-corrected chi connectivity index (χ4v) is 7.28. The number of fused-ring (bicyclic) bond motifs is 3. The first-order valence-corrected chi connectivity index (χ1v) is 12.7. The number of carbonyl (C=O) groups is 1. The van der Waals surface area contributed by atoms with Crippen LogP contribution in [0, 0.1) is 16.0 Å². The maximum atomic E-state index is 12.1. The number of rotatable bonds is 5. The van der Waals surface area contributed by atoms with Gasteiger partial charge in [0.05, 0.1) is 21.2 Å². The molecule has 2 aliphatic rings. The van der Waals surface area contributed by atoms with Crippen molar-refractivity contribution in [3.8, 4) is 0 Å². The number of anilines is 1. The molecular formula is C26H22Cl2N2O3S. The van der Waals surface area contributed by atoms with Gasteiger partial charge in [0.2, 0.25) is 0 Å². The van der Waals surface area contributed by atoms with E-state index in [1.54, 1.807) is 19.1 Å². The molecule has 3 aromatic carbocycles. The van der Waals surface area contributed by atoms with E-state index in [-0.39, 0.29) is 44.9 Å². The van der Waals surface area contributed by atoms with Crippen molar-refractivity contribution in [2.75, 3.05) is 5.32 Å². The number of nitrogens with one attached hydrogen (secondary N) is 1. The Morgan fingerprint density at radius 2 is 1.85 bits per heavy atom. The Morgan fingerprint density at radius 3 is 2.56 bits per heavy atom. The summed E-state index contributed by atoms with van der Waals surface area (Å²) in [6.45, 7) is 1.56. The molecule has 1 N–H and O–H groups in total. The second kappa shape index (κ2) is 9.25. The molecule has 5 nitrogen and oxygen atoms in total. The summed E-state index contributed by atoms with van der Waals surface area (Å²) >= 11 is 14.8. The summed E-state index contributed by atoms with van der Waals surface area (Å²) < 4.78 is 0. The average molecular weight is 513 g/mol. The van der Waals surface area contributed by atoms with E-state index < -0.39 is 0 Å². The zero-order chi connectivity index (χ0) is 24.0. The zero-order valence-electron chi connectivity index (χ0n) is 18.3. The lowest BCUT2D eigenvalue weighted by atomic mass is 9.76. The molecule has 1 heterocycles. The number of halogens is 2. The van der Waals surface area contributed by atoms with Gasteiger partial charge in [-0.05, 0) is 66.8 Å². The van der Waals surface area contributed by atoms with E-state index in [1.165, 1.54) is 17.8 Å². The summed E-state index contributed by atoms with van der Waals surface area (Å²) in [5.74, 6) is 0.158.